The first-order valence-corrected chi connectivity index (χ1v) is 8.30. The Labute approximate surface area is 129 Å². The van der Waals surface area contributed by atoms with Crippen LogP contribution in [-0.2, 0) is 25.7 Å². The lowest BCUT2D eigenvalue weighted by Crippen LogP contribution is -2.21. The monoisotopic (exact) mass is 280 g/mol. The summed E-state index contributed by atoms with van der Waals surface area (Å²) < 4.78 is 0. The number of aryl methyl sites for hydroxylation is 2. The molecule has 0 fully saturated rings. The van der Waals surface area contributed by atoms with Crippen LogP contribution in [0.2, 0.25) is 0 Å². The van der Waals surface area contributed by atoms with E-state index in [1.165, 1.54) is 58.0 Å². The maximum absolute atomic E-state index is 2.45. The highest BCUT2D eigenvalue weighted by molar-refractivity contribution is 6.07. The third-order valence-electron chi connectivity index (χ3n) is 5.83. The lowest BCUT2D eigenvalue weighted by atomic mass is 9.71. The molecule has 0 saturated heterocycles. The van der Waals surface area contributed by atoms with E-state index in [-0.39, 0.29) is 0 Å². The molecule has 104 valence electrons. The Balaban J connectivity index is 1.81. The van der Waals surface area contributed by atoms with E-state index in [1.54, 1.807) is 22.3 Å². The molecule has 0 N–H and O–H groups in total. The van der Waals surface area contributed by atoms with Gasteiger partial charge in [0.15, 0.2) is 0 Å². The Morgan fingerprint density at radius 3 is 1.32 bits per heavy atom. The van der Waals surface area contributed by atoms with Crippen molar-refractivity contribution in [2.24, 2.45) is 0 Å². The number of rotatable bonds is 0. The average molecular weight is 280 g/mol. The van der Waals surface area contributed by atoms with E-state index < -0.39 is 0 Å². The molecule has 0 heteroatoms. The SMILES string of the molecule is c1ccc2cc3cc4c5c(c6c(c4cc3cc2c1)CC6)CC5. The van der Waals surface area contributed by atoms with Gasteiger partial charge in [0.1, 0.15) is 0 Å². The highest BCUT2D eigenvalue weighted by atomic mass is 14.3. The molecule has 0 unspecified atom stereocenters. The third-order valence-corrected chi connectivity index (χ3v) is 5.83. The largest absolute Gasteiger partial charge is 0.0616 e. The molecule has 2 aliphatic carbocycles. The van der Waals surface area contributed by atoms with Gasteiger partial charge >= 0.3 is 0 Å². The van der Waals surface area contributed by atoms with Crippen molar-refractivity contribution >= 4 is 32.3 Å². The molecule has 22 heavy (non-hydrogen) atoms. The standard InChI is InChI=1S/C22H16/c1-2-4-14-10-16-12-22-20-8-6-18(20)17-5-7-19(17)21(22)11-15(16)9-13(14)3-1/h1-4,9-12H,5-8H2. The fraction of sp³-hybridized carbons (Fsp3) is 0.182. The number of fused-ring (bicyclic) bond motifs is 8. The number of benzene rings is 4. The van der Waals surface area contributed by atoms with Crippen molar-refractivity contribution in [3.05, 3.63) is 70.8 Å². The molecule has 4 aromatic carbocycles. The normalized spacial score (nSPS) is 15.5. The van der Waals surface area contributed by atoms with E-state index in [1.807, 2.05) is 0 Å². The summed E-state index contributed by atoms with van der Waals surface area (Å²) in [5, 5.41) is 8.53. The maximum atomic E-state index is 2.45. The summed E-state index contributed by atoms with van der Waals surface area (Å²) in [5.74, 6) is 0. The molecule has 6 rings (SSSR count). The van der Waals surface area contributed by atoms with Crippen molar-refractivity contribution in [2.45, 2.75) is 25.7 Å². The number of hydrogen-bond donors (Lipinski definition) is 0. The van der Waals surface area contributed by atoms with Gasteiger partial charge in [-0.15, -0.1) is 0 Å². The molecule has 4 aromatic rings. The quantitative estimate of drug-likeness (QED) is 0.381. The first-order valence-electron chi connectivity index (χ1n) is 8.30. The molecule has 0 nitrogen and oxygen atoms in total. The van der Waals surface area contributed by atoms with E-state index >= 15 is 0 Å². The van der Waals surface area contributed by atoms with Crippen LogP contribution >= 0.6 is 0 Å². The van der Waals surface area contributed by atoms with Crippen LogP contribution < -0.4 is 0 Å². The molecule has 0 saturated carbocycles. The summed E-state index contributed by atoms with van der Waals surface area (Å²) in [5.41, 5.74) is 6.66. The average Bonchev–Trinajstić information content (AvgIpc) is 2.48. The van der Waals surface area contributed by atoms with E-state index in [2.05, 4.69) is 48.5 Å². The molecule has 2 aliphatic rings. The molecule has 0 heterocycles. The van der Waals surface area contributed by atoms with Crippen molar-refractivity contribution in [1.82, 2.24) is 0 Å². The minimum atomic E-state index is 1.28. The minimum Gasteiger partial charge on any atom is -0.0616 e. The maximum Gasteiger partial charge on any atom is -0.0140 e. The molecule has 0 bridgehead atoms. The van der Waals surface area contributed by atoms with Crippen LogP contribution in [0.15, 0.2) is 48.5 Å². The molecular formula is C22H16. The van der Waals surface area contributed by atoms with Gasteiger partial charge in [-0.05, 0) is 105 Å². The van der Waals surface area contributed by atoms with Gasteiger partial charge in [0.25, 0.3) is 0 Å². The molecule has 0 aromatic heterocycles. The van der Waals surface area contributed by atoms with E-state index in [4.69, 9.17) is 0 Å². The predicted molar refractivity (Wildman–Crippen MR) is 93.8 cm³/mol. The lowest BCUT2D eigenvalue weighted by Gasteiger charge is -2.33. The zero-order valence-electron chi connectivity index (χ0n) is 12.4. The van der Waals surface area contributed by atoms with Crippen LogP contribution in [0.1, 0.15) is 22.3 Å². The first kappa shape index (κ1) is 11.3. The highest BCUT2D eigenvalue weighted by Gasteiger charge is 2.28. The van der Waals surface area contributed by atoms with Crippen LogP contribution in [0.3, 0.4) is 0 Å². The molecule has 0 spiro atoms. The second kappa shape index (κ2) is 3.70. The smallest absolute Gasteiger partial charge is 0.0140 e. The van der Waals surface area contributed by atoms with Crippen LogP contribution in [0.5, 0.6) is 0 Å². The van der Waals surface area contributed by atoms with Crippen LogP contribution in [0.4, 0.5) is 0 Å². The van der Waals surface area contributed by atoms with Crippen molar-refractivity contribution in [3.63, 3.8) is 0 Å². The van der Waals surface area contributed by atoms with Gasteiger partial charge in [-0.2, -0.15) is 0 Å². The van der Waals surface area contributed by atoms with Gasteiger partial charge in [0.05, 0.1) is 0 Å². The summed E-state index contributed by atoms with van der Waals surface area (Å²) in [6.45, 7) is 0. The summed E-state index contributed by atoms with van der Waals surface area (Å²) in [4.78, 5) is 0. The van der Waals surface area contributed by atoms with Crippen LogP contribution in [0.25, 0.3) is 32.3 Å². The van der Waals surface area contributed by atoms with E-state index in [0.717, 1.165) is 0 Å². The van der Waals surface area contributed by atoms with Crippen molar-refractivity contribution in [1.29, 1.82) is 0 Å². The minimum absolute atomic E-state index is 1.28. The molecular weight excluding hydrogens is 264 g/mol. The zero-order chi connectivity index (χ0) is 14.3. The third kappa shape index (κ3) is 1.25. The highest BCUT2D eigenvalue weighted by Crippen LogP contribution is 2.44. The Morgan fingerprint density at radius 2 is 0.909 bits per heavy atom. The summed E-state index contributed by atoms with van der Waals surface area (Å²) in [6, 6.07) is 18.3. The second-order valence-corrected chi connectivity index (χ2v) is 6.86. The summed E-state index contributed by atoms with van der Waals surface area (Å²) in [7, 11) is 0. The Morgan fingerprint density at radius 1 is 0.455 bits per heavy atom. The van der Waals surface area contributed by atoms with E-state index in [9.17, 15) is 0 Å². The fourth-order valence-electron chi connectivity index (χ4n) is 4.50. The summed E-state index contributed by atoms with van der Waals surface area (Å²) in [6.07, 6.45) is 5.17. The van der Waals surface area contributed by atoms with Crippen LogP contribution in [-0.4, -0.2) is 0 Å². The Kier molecular flexibility index (Phi) is 1.89. The number of hydrogen-bond acceptors (Lipinski definition) is 0. The molecule has 0 atom stereocenters. The van der Waals surface area contributed by atoms with Crippen molar-refractivity contribution < 1.29 is 0 Å². The van der Waals surface area contributed by atoms with Gasteiger partial charge in [-0.3, -0.25) is 0 Å². The fourth-order valence-corrected chi connectivity index (χ4v) is 4.50. The van der Waals surface area contributed by atoms with E-state index in [0.29, 0.717) is 0 Å². The van der Waals surface area contributed by atoms with Crippen molar-refractivity contribution in [3.8, 4) is 0 Å². The topological polar surface area (TPSA) is 0 Å². The van der Waals surface area contributed by atoms with Gasteiger partial charge in [0.2, 0.25) is 0 Å². The molecule has 0 amide bonds. The Hall–Kier alpha value is -2.34. The second-order valence-electron chi connectivity index (χ2n) is 6.86. The first-order chi connectivity index (χ1) is 10.9. The molecule has 0 aliphatic heterocycles. The zero-order valence-corrected chi connectivity index (χ0v) is 12.4. The molecule has 0 radical (unpaired) electrons. The Bertz CT molecular complexity index is 1030. The summed E-state index contributed by atoms with van der Waals surface area (Å²) >= 11 is 0. The van der Waals surface area contributed by atoms with Crippen molar-refractivity contribution in [2.75, 3.05) is 0 Å². The van der Waals surface area contributed by atoms with Crippen LogP contribution in [0, 0.1) is 0 Å². The van der Waals surface area contributed by atoms with Gasteiger partial charge in [-0.1, -0.05) is 24.3 Å². The van der Waals surface area contributed by atoms with Gasteiger partial charge in [-0.25, -0.2) is 0 Å². The predicted octanol–water partition coefficient (Wildman–Crippen LogP) is 5.34. The van der Waals surface area contributed by atoms with Gasteiger partial charge in [0, 0.05) is 0 Å². The lowest BCUT2D eigenvalue weighted by molar-refractivity contribution is 0.757. The van der Waals surface area contributed by atoms with Gasteiger partial charge < -0.3 is 0 Å².